The van der Waals surface area contributed by atoms with Crippen LogP contribution in [0.3, 0.4) is 0 Å². The van der Waals surface area contributed by atoms with Gasteiger partial charge in [0.15, 0.2) is 6.10 Å². The van der Waals surface area contributed by atoms with Crippen molar-refractivity contribution in [2.75, 3.05) is 18.1 Å². The molecule has 0 bridgehead atoms. The minimum atomic E-state index is -4.70. The van der Waals surface area contributed by atoms with E-state index in [2.05, 4.69) is 27.3 Å². The second-order valence-electron chi connectivity index (χ2n) is 4.16. The molecule has 1 atom stereocenters. The summed E-state index contributed by atoms with van der Waals surface area (Å²) >= 11 is 2.09. The molecule has 1 aromatic carbocycles. The molecule has 1 amide bonds. The van der Waals surface area contributed by atoms with E-state index >= 15 is 0 Å². The molecule has 0 aliphatic carbocycles. The predicted octanol–water partition coefficient (Wildman–Crippen LogP) is 2.94. The van der Waals surface area contributed by atoms with Crippen molar-refractivity contribution in [2.24, 2.45) is 0 Å². The molecule has 8 heteroatoms. The molecule has 2 rings (SSSR count). The zero-order valence-corrected chi connectivity index (χ0v) is 12.6. The maximum absolute atomic E-state index is 12.0. The Morgan fingerprint density at radius 2 is 2.15 bits per heavy atom. The minimum absolute atomic E-state index is 0.181. The number of carbonyl (C=O) groups excluding carboxylic acids is 1. The average Bonchev–Trinajstić information content (AvgIpc) is 2.32. The van der Waals surface area contributed by atoms with Gasteiger partial charge in [0, 0.05) is 10.1 Å². The van der Waals surface area contributed by atoms with Gasteiger partial charge in [0.1, 0.15) is 5.75 Å². The highest BCUT2D eigenvalue weighted by Gasteiger charge is 2.33. The fourth-order valence-electron chi connectivity index (χ4n) is 1.87. The number of benzene rings is 1. The van der Waals surface area contributed by atoms with Gasteiger partial charge in [-0.1, -0.05) is 0 Å². The molecular formula is C12H11F3INO3. The van der Waals surface area contributed by atoms with Gasteiger partial charge in [-0.15, -0.1) is 13.2 Å². The van der Waals surface area contributed by atoms with Crippen LogP contribution in [-0.2, 0) is 9.53 Å². The summed E-state index contributed by atoms with van der Waals surface area (Å²) < 4.78 is 46.0. The zero-order chi connectivity index (χ0) is 14.9. The average molecular weight is 401 g/mol. The van der Waals surface area contributed by atoms with E-state index in [0.717, 1.165) is 3.57 Å². The van der Waals surface area contributed by atoms with Gasteiger partial charge >= 0.3 is 6.36 Å². The number of amides is 1. The summed E-state index contributed by atoms with van der Waals surface area (Å²) in [5.41, 5.74) is 0.458. The van der Waals surface area contributed by atoms with Crippen LogP contribution in [0, 0.1) is 3.57 Å². The van der Waals surface area contributed by atoms with Crippen LogP contribution in [0.15, 0.2) is 18.2 Å². The SMILES string of the molecule is CC1Oc2cc(I)ccc2N(CCOC(F)(F)F)C1=O. The van der Waals surface area contributed by atoms with Crippen molar-refractivity contribution >= 4 is 34.2 Å². The Morgan fingerprint density at radius 1 is 1.45 bits per heavy atom. The van der Waals surface area contributed by atoms with E-state index in [1.165, 1.54) is 4.90 Å². The summed E-state index contributed by atoms with van der Waals surface area (Å²) in [5, 5.41) is 0. The lowest BCUT2D eigenvalue weighted by Gasteiger charge is -2.33. The lowest BCUT2D eigenvalue weighted by molar-refractivity contribution is -0.323. The fraction of sp³-hybridized carbons (Fsp3) is 0.417. The highest BCUT2D eigenvalue weighted by molar-refractivity contribution is 14.1. The topological polar surface area (TPSA) is 38.8 Å². The van der Waals surface area contributed by atoms with Gasteiger partial charge in [0.05, 0.1) is 12.3 Å². The van der Waals surface area contributed by atoms with Crippen LogP contribution in [0.4, 0.5) is 18.9 Å². The van der Waals surface area contributed by atoms with Gasteiger partial charge < -0.3 is 9.64 Å². The van der Waals surface area contributed by atoms with E-state index in [1.54, 1.807) is 25.1 Å². The number of fused-ring (bicyclic) bond motifs is 1. The Balaban J connectivity index is 2.17. The Labute approximate surface area is 127 Å². The largest absolute Gasteiger partial charge is 0.522 e. The zero-order valence-electron chi connectivity index (χ0n) is 10.4. The summed E-state index contributed by atoms with van der Waals surface area (Å²) in [4.78, 5) is 13.2. The predicted molar refractivity (Wildman–Crippen MR) is 73.6 cm³/mol. The molecule has 0 saturated carbocycles. The van der Waals surface area contributed by atoms with Crippen LogP contribution in [-0.4, -0.2) is 31.5 Å². The monoisotopic (exact) mass is 401 g/mol. The maximum Gasteiger partial charge on any atom is 0.522 e. The van der Waals surface area contributed by atoms with Crippen molar-refractivity contribution in [3.05, 3.63) is 21.8 Å². The second kappa shape index (κ2) is 5.76. The summed E-state index contributed by atoms with van der Waals surface area (Å²) in [6, 6.07) is 5.13. The molecule has 0 aromatic heterocycles. The molecule has 110 valence electrons. The van der Waals surface area contributed by atoms with E-state index in [0.29, 0.717) is 11.4 Å². The van der Waals surface area contributed by atoms with Crippen LogP contribution >= 0.6 is 22.6 Å². The summed E-state index contributed by atoms with van der Waals surface area (Å²) in [6.07, 6.45) is -5.43. The number of carbonyl (C=O) groups is 1. The Kier molecular flexibility index (Phi) is 4.43. The van der Waals surface area contributed by atoms with Crippen LogP contribution < -0.4 is 9.64 Å². The molecule has 20 heavy (non-hydrogen) atoms. The number of ether oxygens (including phenoxy) is 2. The summed E-state index contributed by atoms with van der Waals surface area (Å²) in [6.45, 7) is 0.760. The maximum atomic E-state index is 12.0. The van der Waals surface area contributed by atoms with Gasteiger partial charge in [0.25, 0.3) is 5.91 Å². The first kappa shape index (κ1) is 15.4. The molecular weight excluding hydrogens is 390 g/mol. The molecule has 0 spiro atoms. The number of anilines is 1. The molecule has 0 saturated heterocycles. The second-order valence-corrected chi connectivity index (χ2v) is 5.40. The lowest BCUT2D eigenvalue weighted by atomic mass is 10.2. The molecule has 4 nitrogen and oxygen atoms in total. The normalized spacial score (nSPS) is 18.8. The summed E-state index contributed by atoms with van der Waals surface area (Å²) in [5.74, 6) is 0.0977. The van der Waals surface area contributed by atoms with Crippen LogP contribution in [0.2, 0.25) is 0 Å². The van der Waals surface area contributed by atoms with Crippen LogP contribution in [0.25, 0.3) is 0 Å². The number of hydrogen-bond acceptors (Lipinski definition) is 3. The molecule has 0 fully saturated rings. The number of nitrogens with zero attached hydrogens (tertiary/aromatic N) is 1. The van der Waals surface area contributed by atoms with Crippen LogP contribution in [0.5, 0.6) is 5.75 Å². The highest BCUT2D eigenvalue weighted by atomic mass is 127. The van der Waals surface area contributed by atoms with E-state index < -0.39 is 19.1 Å². The Bertz CT molecular complexity index is 521. The molecule has 0 radical (unpaired) electrons. The first-order valence-corrected chi connectivity index (χ1v) is 6.84. The smallest absolute Gasteiger partial charge is 0.479 e. The van der Waals surface area contributed by atoms with Crippen molar-refractivity contribution in [1.82, 2.24) is 0 Å². The fourth-order valence-corrected chi connectivity index (χ4v) is 2.33. The van der Waals surface area contributed by atoms with E-state index in [-0.39, 0.29) is 12.5 Å². The third-order valence-electron chi connectivity index (χ3n) is 2.71. The minimum Gasteiger partial charge on any atom is -0.479 e. The molecule has 1 heterocycles. The lowest BCUT2D eigenvalue weighted by Crippen LogP contribution is -2.46. The first-order valence-electron chi connectivity index (χ1n) is 5.76. The molecule has 1 aliphatic rings. The van der Waals surface area contributed by atoms with Crippen molar-refractivity contribution in [3.63, 3.8) is 0 Å². The standard InChI is InChI=1S/C12H11F3INO3/c1-7-11(18)17(4-5-19-12(13,14)15)9-3-2-8(16)6-10(9)20-7/h2-3,6-7H,4-5H2,1H3. The molecule has 1 aromatic rings. The number of halogens is 4. The Hall–Kier alpha value is -1.03. The van der Waals surface area contributed by atoms with Gasteiger partial charge in [-0.2, -0.15) is 0 Å². The summed E-state index contributed by atoms with van der Waals surface area (Å²) in [7, 11) is 0. The van der Waals surface area contributed by atoms with Crippen molar-refractivity contribution in [1.29, 1.82) is 0 Å². The van der Waals surface area contributed by atoms with E-state index in [4.69, 9.17) is 4.74 Å². The first-order chi connectivity index (χ1) is 9.28. The Morgan fingerprint density at radius 3 is 2.80 bits per heavy atom. The van der Waals surface area contributed by atoms with Crippen LogP contribution in [0.1, 0.15) is 6.92 Å². The number of rotatable bonds is 3. The molecule has 1 aliphatic heterocycles. The van der Waals surface area contributed by atoms with Gasteiger partial charge in [-0.25, -0.2) is 0 Å². The number of hydrogen-bond donors (Lipinski definition) is 0. The van der Waals surface area contributed by atoms with Crippen molar-refractivity contribution in [3.8, 4) is 5.75 Å². The van der Waals surface area contributed by atoms with Gasteiger partial charge in [0.2, 0.25) is 0 Å². The molecule has 0 N–H and O–H groups in total. The van der Waals surface area contributed by atoms with E-state index in [1.807, 2.05) is 0 Å². The third-order valence-corrected chi connectivity index (χ3v) is 3.38. The third kappa shape index (κ3) is 3.54. The van der Waals surface area contributed by atoms with Gasteiger partial charge in [-0.3, -0.25) is 9.53 Å². The van der Waals surface area contributed by atoms with Crippen molar-refractivity contribution in [2.45, 2.75) is 19.4 Å². The highest BCUT2D eigenvalue weighted by Crippen LogP contribution is 2.35. The van der Waals surface area contributed by atoms with Crippen molar-refractivity contribution < 1.29 is 27.4 Å². The molecule has 1 unspecified atom stereocenters. The number of alkyl halides is 3. The quantitative estimate of drug-likeness (QED) is 0.732. The van der Waals surface area contributed by atoms with Gasteiger partial charge in [-0.05, 0) is 47.7 Å². The van der Waals surface area contributed by atoms with E-state index in [9.17, 15) is 18.0 Å².